The van der Waals surface area contributed by atoms with Crippen LogP contribution in [0.25, 0.3) is 0 Å². The maximum absolute atomic E-state index is 12.1. The molecule has 0 saturated heterocycles. The third-order valence-electron chi connectivity index (χ3n) is 2.92. The summed E-state index contributed by atoms with van der Waals surface area (Å²) in [7, 11) is 0. The second kappa shape index (κ2) is 5.61. The van der Waals surface area contributed by atoms with Crippen molar-refractivity contribution < 1.29 is 9.21 Å². The van der Waals surface area contributed by atoms with Crippen LogP contribution in [0, 0.1) is 6.92 Å². The van der Waals surface area contributed by atoms with E-state index < -0.39 is 0 Å². The van der Waals surface area contributed by atoms with Crippen LogP contribution in [-0.2, 0) is 6.42 Å². The highest BCUT2D eigenvalue weighted by Crippen LogP contribution is 2.14. The molecule has 1 atom stereocenters. The Morgan fingerprint density at radius 1 is 1.42 bits per heavy atom. The SMILES string of the molecule is Cc1ccc(N)c(C(=O)NC(C)Cc2ccco2)c1. The number of carbonyl (C=O) groups is 1. The van der Waals surface area contributed by atoms with Crippen molar-refractivity contribution in [1.29, 1.82) is 0 Å². The molecule has 2 aromatic rings. The van der Waals surface area contributed by atoms with Gasteiger partial charge in [-0.2, -0.15) is 0 Å². The lowest BCUT2D eigenvalue weighted by molar-refractivity contribution is 0.0940. The maximum atomic E-state index is 12.1. The number of benzene rings is 1. The summed E-state index contributed by atoms with van der Waals surface area (Å²) in [5, 5.41) is 2.92. The smallest absolute Gasteiger partial charge is 0.253 e. The van der Waals surface area contributed by atoms with Crippen LogP contribution in [0.2, 0.25) is 0 Å². The molecule has 4 nitrogen and oxygen atoms in total. The summed E-state index contributed by atoms with van der Waals surface area (Å²) in [6, 6.07) is 9.15. The molecule has 0 aliphatic carbocycles. The monoisotopic (exact) mass is 258 g/mol. The van der Waals surface area contributed by atoms with Gasteiger partial charge in [0.15, 0.2) is 0 Å². The third kappa shape index (κ3) is 3.37. The predicted octanol–water partition coefficient (Wildman–Crippen LogP) is 2.53. The fourth-order valence-corrected chi connectivity index (χ4v) is 1.95. The zero-order valence-corrected chi connectivity index (χ0v) is 11.1. The second-order valence-electron chi connectivity index (χ2n) is 4.75. The average molecular weight is 258 g/mol. The summed E-state index contributed by atoms with van der Waals surface area (Å²) >= 11 is 0. The topological polar surface area (TPSA) is 68.3 Å². The van der Waals surface area contributed by atoms with Crippen LogP contribution in [0.15, 0.2) is 41.0 Å². The Bertz CT molecular complexity index is 562. The summed E-state index contributed by atoms with van der Waals surface area (Å²) in [5.74, 6) is 0.699. The molecule has 0 saturated carbocycles. The molecule has 0 aliphatic heterocycles. The van der Waals surface area contributed by atoms with Crippen molar-refractivity contribution in [3.63, 3.8) is 0 Å². The number of hydrogen-bond donors (Lipinski definition) is 2. The van der Waals surface area contributed by atoms with Crippen molar-refractivity contribution in [2.75, 3.05) is 5.73 Å². The van der Waals surface area contributed by atoms with E-state index >= 15 is 0 Å². The fourth-order valence-electron chi connectivity index (χ4n) is 1.95. The minimum absolute atomic E-state index is 0.0152. The summed E-state index contributed by atoms with van der Waals surface area (Å²) < 4.78 is 5.26. The van der Waals surface area contributed by atoms with Gasteiger partial charge in [0.2, 0.25) is 0 Å². The van der Waals surface area contributed by atoms with Gasteiger partial charge in [-0.05, 0) is 38.1 Å². The summed E-state index contributed by atoms with van der Waals surface area (Å²) in [6.07, 6.45) is 2.28. The molecule has 0 spiro atoms. The van der Waals surface area contributed by atoms with Crippen molar-refractivity contribution in [3.8, 4) is 0 Å². The molecule has 1 aromatic carbocycles. The number of nitrogens with one attached hydrogen (secondary N) is 1. The van der Waals surface area contributed by atoms with Gasteiger partial charge in [-0.15, -0.1) is 0 Å². The van der Waals surface area contributed by atoms with E-state index in [1.807, 2.05) is 32.0 Å². The Labute approximate surface area is 112 Å². The van der Waals surface area contributed by atoms with Crippen LogP contribution in [0.4, 0.5) is 5.69 Å². The molecule has 0 radical (unpaired) electrons. The molecule has 0 aliphatic rings. The van der Waals surface area contributed by atoms with Gasteiger partial charge in [-0.3, -0.25) is 4.79 Å². The van der Waals surface area contributed by atoms with Crippen LogP contribution in [0.1, 0.15) is 28.6 Å². The minimum atomic E-state index is -0.153. The summed E-state index contributed by atoms with van der Waals surface area (Å²) in [4.78, 5) is 12.1. The molecule has 100 valence electrons. The van der Waals surface area contributed by atoms with Gasteiger partial charge >= 0.3 is 0 Å². The van der Waals surface area contributed by atoms with Gasteiger partial charge in [0.25, 0.3) is 5.91 Å². The van der Waals surface area contributed by atoms with Crippen LogP contribution in [0.5, 0.6) is 0 Å². The first-order valence-electron chi connectivity index (χ1n) is 6.25. The number of nitrogens with two attached hydrogens (primary N) is 1. The Morgan fingerprint density at radius 3 is 2.89 bits per heavy atom. The highest BCUT2D eigenvalue weighted by atomic mass is 16.3. The van der Waals surface area contributed by atoms with Crippen LogP contribution in [-0.4, -0.2) is 11.9 Å². The molecule has 1 heterocycles. The number of rotatable bonds is 4. The zero-order valence-electron chi connectivity index (χ0n) is 11.1. The third-order valence-corrected chi connectivity index (χ3v) is 2.92. The summed E-state index contributed by atoms with van der Waals surface area (Å²) in [5.41, 5.74) is 7.85. The van der Waals surface area contributed by atoms with Crippen molar-refractivity contribution in [2.24, 2.45) is 0 Å². The van der Waals surface area contributed by atoms with Crippen LogP contribution < -0.4 is 11.1 Å². The van der Waals surface area contributed by atoms with E-state index in [1.54, 1.807) is 18.4 Å². The Hall–Kier alpha value is -2.23. The molecular weight excluding hydrogens is 240 g/mol. The first-order chi connectivity index (χ1) is 9.06. The molecular formula is C15H18N2O2. The Kier molecular flexibility index (Phi) is 3.90. The zero-order chi connectivity index (χ0) is 13.8. The second-order valence-corrected chi connectivity index (χ2v) is 4.75. The average Bonchev–Trinajstić information content (AvgIpc) is 2.84. The minimum Gasteiger partial charge on any atom is -0.469 e. The predicted molar refractivity (Wildman–Crippen MR) is 74.9 cm³/mol. The van der Waals surface area contributed by atoms with Gasteiger partial charge in [0, 0.05) is 18.2 Å². The van der Waals surface area contributed by atoms with Crippen LogP contribution >= 0.6 is 0 Å². The molecule has 2 rings (SSSR count). The highest BCUT2D eigenvalue weighted by molar-refractivity contribution is 5.99. The molecule has 1 unspecified atom stereocenters. The molecule has 0 bridgehead atoms. The molecule has 1 aromatic heterocycles. The maximum Gasteiger partial charge on any atom is 0.253 e. The van der Waals surface area contributed by atoms with Crippen LogP contribution in [0.3, 0.4) is 0 Å². The lowest BCUT2D eigenvalue weighted by Gasteiger charge is -2.14. The Balaban J connectivity index is 2.02. The van der Waals surface area contributed by atoms with Gasteiger partial charge in [-0.25, -0.2) is 0 Å². The van der Waals surface area contributed by atoms with Crippen molar-refractivity contribution in [1.82, 2.24) is 5.32 Å². The molecule has 0 fully saturated rings. The van der Waals surface area contributed by atoms with Gasteiger partial charge in [0.05, 0.1) is 11.8 Å². The molecule has 4 heteroatoms. The normalized spacial score (nSPS) is 12.1. The largest absolute Gasteiger partial charge is 0.469 e. The van der Waals surface area contributed by atoms with Gasteiger partial charge < -0.3 is 15.5 Å². The van der Waals surface area contributed by atoms with E-state index in [9.17, 15) is 4.79 Å². The molecule has 1 amide bonds. The first-order valence-corrected chi connectivity index (χ1v) is 6.25. The molecule has 3 N–H and O–H groups in total. The van der Waals surface area contributed by atoms with E-state index in [0.717, 1.165) is 11.3 Å². The van der Waals surface area contributed by atoms with E-state index in [2.05, 4.69) is 5.32 Å². The number of anilines is 1. The molecule has 19 heavy (non-hydrogen) atoms. The summed E-state index contributed by atoms with van der Waals surface area (Å²) in [6.45, 7) is 3.87. The van der Waals surface area contributed by atoms with E-state index in [4.69, 9.17) is 10.2 Å². The van der Waals surface area contributed by atoms with E-state index in [1.165, 1.54) is 0 Å². The Morgan fingerprint density at radius 2 is 2.21 bits per heavy atom. The van der Waals surface area contributed by atoms with Gasteiger partial charge in [0.1, 0.15) is 5.76 Å². The first kappa shape index (κ1) is 13.2. The van der Waals surface area contributed by atoms with Crippen molar-refractivity contribution in [2.45, 2.75) is 26.3 Å². The van der Waals surface area contributed by atoms with E-state index in [0.29, 0.717) is 17.7 Å². The number of hydrogen-bond acceptors (Lipinski definition) is 3. The highest BCUT2D eigenvalue weighted by Gasteiger charge is 2.13. The standard InChI is InChI=1S/C15H18N2O2/c1-10-5-6-14(16)13(8-10)15(18)17-11(2)9-12-4-3-7-19-12/h3-8,11H,9,16H2,1-2H3,(H,17,18). The van der Waals surface area contributed by atoms with E-state index in [-0.39, 0.29) is 11.9 Å². The quantitative estimate of drug-likeness (QED) is 0.828. The number of carbonyl (C=O) groups excluding carboxylic acids is 1. The van der Waals surface area contributed by atoms with Crippen molar-refractivity contribution >= 4 is 11.6 Å². The number of aryl methyl sites for hydroxylation is 1. The number of nitrogen functional groups attached to an aromatic ring is 1. The van der Waals surface area contributed by atoms with Gasteiger partial charge in [-0.1, -0.05) is 11.6 Å². The number of furan rings is 1. The lowest BCUT2D eigenvalue weighted by Crippen LogP contribution is -2.34. The fraction of sp³-hybridized carbons (Fsp3) is 0.267. The lowest BCUT2D eigenvalue weighted by atomic mass is 10.1. The van der Waals surface area contributed by atoms with Crippen molar-refractivity contribution in [3.05, 3.63) is 53.5 Å². The number of amides is 1.